The summed E-state index contributed by atoms with van der Waals surface area (Å²) in [5.74, 6) is -1.55. The summed E-state index contributed by atoms with van der Waals surface area (Å²) in [6.45, 7) is 2.16. The quantitative estimate of drug-likeness (QED) is 0.814. The molecule has 0 saturated heterocycles. The predicted octanol–water partition coefficient (Wildman–Crippen LogP) is 0.517. The van der Waals surface area contributed by atoms with Gasteiger partial charge in [0.05, 0.1) is 6.61 Å². The molecule has 1 atom stereocenters. The Labute approximate surface area is 124 Å². The monoisotopic (exact) mass is 311 g/mol. The molecule has 1 aliphatic heterocycles. The number of nitrogens with zero attached hydrogens (tertiary/aromatic N) is 2. The van der Waals surface area contributed by atoms with Crippen molar-refractivity contribution in [3.63, 3.8) is 0 Å². The van der Waals surface area contributed by atoms with Crippen molar-refractivity contribution in [1.29, 1.82) is 0 Å². The number of aromatic nitrogens is 2. The van der Waals surface area contributed by atoms with Gasteiger partial charge in [0.2, 0.25) is 5.91 Å². The number of carbonyl (C=O) groups excluding carboxylic acids is 2. The maximum atomic E-state index is 14.2. The second kappa shape index (κ2) is 6.48. The van der Waals surface area contributed by atoms with E-state index in [0.29, 0.717) is 0 Å². The van der Waals surface area contributed by atoms with Crippen molar-refractivity contribution in [2.24, 2.45) is 0 Å². The number of nitrogens with one attached hydrogen (secondary N) is 1. The molecular weight excluding hydrogens is 297 g/mol. The highest BCUT2D eigenvalue weighted by atomic mass is 19.1. The highest BCUT2D eigenvalue weighted by Gasteiger charge is 2.29. The van der Waals surface area contributed by atoms with Crippen LogP contribution in [0.3, 0.4) is 0 Å². The van der Waals surface area contributed by atoms with Crippen LogP contribution >= 0.6 is 0 Å². The van der Waals surface area contributed by atoms with E-state index in [1.165, 1.54) is 26.1 Å². The lowest BCUT2D eigenvalue weighted by molar-refractivity contribution is -0.140. The number of hydrogen-bond acceptors (Lipinski definition) is 6. The van der Waals surface area contributed by atoms with E-state index in [-0.39, 0.29) is 30.5 Å². The van der Waals surface area contributed by atoms with E-state index in [9.17, 15) is 18.8 Å². The molecule has 0 aliphatic carbocycles. The fraction of sp³-hybridized carbons (Fsp3) is 0.385. The van der Waals surface area contributed by atoms with Gasteiger partial charge in [-0.05, 0) is 6.07 Å². The number of anilines is 1. The molecule has 0 bridgehead atoms. The van der Waals surface area contributed by atoms with Crippen LogP contribution < -0.4 is 11.0 Å². The Bertz CT molecular complexity index is 697. The summed E-state index contributed by atoms with van der Waals surface area (Å²) in [6.07, 6.45) is 0.0107. The van der Waals surface area contributed by atoms with E-state index in [2.05, 4.69) is 10.3 Å². The first-order valence-corrected chi connectivity index (χ1v) is 6.37. The molecular formula is C13H14FN3O5. The van der Waals surface area contributed by atoms with Crippen LogP contribution in [0.5, 0.6) is 0 Å². The molecule has 1 N–H and O–H groups in total. The topological polar surface area (TPSA) is 99.5 Å². The largest absolute Gasteiger partial charge is 0.461 e. The Morgan fingerprint density at radius 3 is 2.86 bits per heavy atom. The van der Waals surface area contributed by atoms with Crippen molar-refractivity contribution in [2.75, 3.05) is 18.5 Å². The highest BCUT2D eigenvalue weighted by Crippen LogP contribution is 2.30. The van der Waals surface area contributed by atoms with Crippen LogP contribution in [0.2, 0.25) is 0 Å². The third-order valence-electron chi connectivity index (χ3n) is 2.81. The second-order valence-electron chi connectivity index (χ2n) is 4.58. The smallest absolute Gasteiger partial charge is 0.351 e. The SMILES string of the molecule is CC(=O)Nc1ccn([C@@H]2OCC(COC(C)=O)=C2F)c(=O)n1. The van der Waals surface area contributed by atoms with Gasteiger partial charge in [0.1, 0.15) is 12.4 Å². The molecule has 22 heavy (non-hydrogen) atoms. The molecule has 0 spiro atoms. The van der Waals surface area contributed by atoms with Crippen molar-refractivity contribution < 1.29 is 23.5 Å². The third kappa shape index (κ3) is 3.55. The van der Waals surface area contributed by atoms with E-state index in [4.69, 9.17) is 9.47 Å². The third-order valence-corrected chi connectivity index (χ3v) is 2.81. The minimum atomic E-state index is -1.25. The molecule has 0 aromatic carbocycles. The van der Waals surface area contributed by atoms with Crippen LogP contribution in [0.15, 0.2) is 28.5 Å². The van der Waals surface area contributed by atoms with Gasteiger partial charge >= 0.3 is 11.7 Å². The van der Waals surface area contributed by atoms with Gasteiger partial charge in [0.15, 0.2) is 12.1 Å². The summed E-state index contributed by atoms with van der Waals surface area (Å²) in [5.41, 5.74) is -0.627. The van der Waals surface area contributed by atoms with E-state index in [1.807, 2.05) is 0 Å². The summed E-state index contributed by atoms with van der Waals surface area (Å²) in [4.78, 5) is 37.1. The highest BCUT2D eigenvalue weighted by molar-refractivity contribution is 5.87. The maximum Gasteiger partial charge on any atom is 0.351 e. The molecule has 1 aliphatic rings. The summed E-state index contributed by atoms with van der Waals surface area (Å²) in [6, 6.07) is 1.35. The Balaban J connectivity index is 2.20. The van der Waals surface area contributed by atoms with Crippen molar-refractivity contribution in [3.8, 4) is 0 Å². The second-order valence-corrected chi connectivity index (χ2v) is 4.58. The minimum Gasteiger partial charge on any atom is -0.461 e. The van der Waals surface area contributed by atoms with E-state index in [0.717, 1.165) is 4.57 Å². The van der Waals surface area contributed by atoms with Crippen LogP contribution in [0.4, 0.5) is 10.2 Å². The molecule has 1 amide bonds. The van der Waals surface area contributed by atoms with Gasteiger partial charge in [-0.1, -0.05) is 0 Å². The van der Waals surface area contributed by atoms with E-state index >= 15 is 0 Å². The van der Waals surface area contributed by atoms with Crippen LogP contribution in [0.1, 0.15) is 20.1 Å². The molecule has 118 valence electrons. The summed E-state index contributed by atoms with van der Waals surface area (Å²) < 4.78 is 25.0. The van der Waals surface area contributed by atoms with Crippen LogP contribution in [0, 0.1) is 0 Å². The average molecular weight is 311 g/mol. The van der Waals surface area contributed by atoms with E-state index < -0.39 is 23.7 Å². The first-order valence-electron chi connectivity index (χ1n) is 6.37. The number of hydrogen-bond donors (Lipinski definition) is 1. The van der Waals surface area contributed by atoms with Gasteiger partial charge in [-0.3, -0.25) is 14.2 Å². The number of carbonyl (C=O) groups is 2. The fourth-order valence-corrected chi connectivity index (χ4v) is 1.84. The fourth-order valence-electron chi connectivity index (χ4n) is 1.84. The number of esters is 1. The Hall–Kier alpha value is -2.55. The predicted molar refractivity (Wildman–Crippen MR) is 72.6 cm³/mol. The molecule has 8 nitrogen and oxygen atoms in total. The average Bonchev–Trinajstić information content (AvgIpc) is 2.77. The van der Waals surface area contributed by atoms with Crippen molar-refractivity contribution in [3.05, 3.63) is 34.1 Å². The Kier molecular flexibility index (Phi) is 4.66. The molecule has 2 rings (SSSR count). The zero-order valence-corrected chi connectivity index (χ0v) is 12.0. The molecule has 1 aromatic heterocycles. The molecule has 9 heteroatoms. The van der Waals surface area contributed by atoms with Gasteiger partial charge in [-0.2, -0.15) is 4.98 Å². The van der Waals surface area contributed by atoms with Crippen molar-refractivity contribution in [2.45, 2.75) is 20.1 Å². The lowest BCUT2D eigenvalue weighted by atomic mass is 10.3. The zero-order chi connectivity index (χ0) is 16.3. The molecule has 1 aromatic rings. The molecule has 0 radical (unpaired) electrons. The van der Waals surface area contributed by atoms with E-state index in [1.54, 1.807) is 0 Å². The first-order chi connectivity index (χ1) is 10.4. The van der Waals surface area contributed by atoms with Gasteiger partial charge in [0.25, 0.3) is 0 Å². The minimum absolute atomic E-state index is 0.0660. The van der Waals surface area contributed by atoms with Gasteiger partial charge in [-0.15, -0.1) is 0 Å². The Morgan fingerprint density at radius 2 is 2.27 bits per heavy atom. The van der Waals surface area contributed by atoms with Crippen molar-refractivity contribution in [1.82, 2.24) is 9.55 Å². The molecule has 2 heterocycles. The van der Waals surface area contributed by atoms with Gasteiger partial charge in [-0.25, -0.2) is 9.18 Å². The Morgan fingerprint density at radius 1 is 1.55 bits per heavy atom. The maximum absolute atomic E-state index is 14.2. The summed E-state index contributed by atoms with van der Waals surface area (Å²) in [5, 5.41) is 2.35. The molecule has 0 unspecified atom stereocenters. The molecule has 0 saturated carbocycles. The number of halogens is 1. The van der Waals surface area contributed by atoms with Crippen LogP contribution in [-0.4, -0.2) is 34.6 Å². The lowest BCUT2D eigenvalue weighted by Crippen LogP contribution is -2.28. The van der Waals surface area contributed by atoms with Gasteiger partial charge < -0.3 is 14.8 Å². The standard InChI is InChI=1S/C13H14FN3O5/c1-7(18)15-10-3-4-17(13(20)16-10)12-11(14)9(6-22-12)5-21-8(2)19/h3-4,12H,5-6H2,1-2H3,(H,15,16,18,20)/t12-/m1/s1. The first kappa shape index (κ1) is 15.8. The number of amides is 1. The van der Waals surface area contributed by atoms with Crippen molar-refractivity contribution >= 4 is 17.7 Å². The lowest BCUT2D eigenvalue weighted by Gasteiger charge is -2.13. The number of ether oxygens (including phenoxy) is 2. The van der Waals surface area contributed by atoms with Crippen LogP contribution in [0.25, 0.3) is 0 Å². The van der Waals surface area contributed by atoms with Gasteiger partial charge in [0, 0.05) is 25.6 Å². The van der Waals surface area contributed by atoms with Crippen LogP contribution in [-0.2, 0) is 19.1 Å². The normalized spacial score (nSPS) is 17.5. The zero-order valence-electron chi connectivity index (χ0n) is 12.0. The summed E-state index contributed by atoms with van der Waals surface area (Å²) >= 11 is 0. The summed E-state index contributed by atoms with van der Waals surface area (Å²) in [7, 11) is 0. The molecule has 0 fully saturated rings. The number of rotatable bonds is 4.